The maximum Gasteiger partial charge on any atom is 0.299 e. The number of primary amides is 1. The fraction of sp³-hybridized carbons (Fsp3) is 0.297. The van der Waals surface area contributed by atoms with Crippen molar-refractivity contribution in [2.45, 2.75) is 64.5 Å². The van der Waals surface area contributed by atoms with Crippen molar-refractivity contribution in [1.29, 1.82) is 0 Å². The minimum Gasteiger partial charge on any atom is -0.368 e. The zero-order valence-corrected chi connectivity index (χ0v) is 26.5. The molecule has 1 atom stereocenters. The van der Waals surface area contributed by atoms with Crippen molar-refractivity contribution in [1.82, 2.24) is 10.2 Å². The molecule has 3 aromatic carbocycles. The van der Waals surface area contributed by atoms with Crippen LogP contribution in [0.15, 0.2) is 78.9 Å². The fourth-order valence-electron chi connectivity index (χ4n) is 4.84. The van der Waals surface area contributed by atoms with E-state index in [2.05, 4.69) is 65.1 Å². The normalized spacial score (nSPS) is 13.1. The molecule has 4 amide bonds. The number of ketones is 2. The minimum absolute atomic E-state index is 0.0927. The second kappa shape index (κ2) is 18.4. The minimum atomic E-state index is -1.14. The van der Waals surface area contributed by atoms with E-state index in [-0.39, 0.29) is 25.2 Å². The number of carbonyl (C=O) groups excluding carboxylic acids is 6. The largest absolute Gasteiger partial charge is 0.368 e. The number of hydrogen-bond donors (Lipinski definition) is 3. The van der Waals surface area contributed by atoms with E-state index in [1.165, 1.54) is 35.2 Å². The molecule has 10 heteroatoms. The van der Waals surface area contributed by atoms with Gasteiger partial charge in [-0.05, 0) is 47.2 Å². The van der Waals surface area contributed by atoms with Crippen LogP contribution in [0.5, 0.6) is 0 Å². The van der Waals surface area contributed by atoms with Gasteiger partial charge in [0.25, 0.3) is 11.7 Å². The Kier molecular flexibility index (Phi) is 14.1. The number of nitrogens with zero attached hydrogens (tertiary/aromatic N) is 1. The number of Topliss-reactive ketones (excluding diaryl/α,β-unsaturated/α-hetero) is 2. The van der Waals surface area contributed by atoms with Gasteiger partial charge in [0.15, 0.2) is 0 Å². The van der Waals surface area contributed by atoms with Gasteiger partial charge in [-0.3, -0.25) is 28.8 Å². The lowest BCUT2D eigenvalue weighted by molar-refractivity contribution is -0.142. The number of anilines is 1. The van der Waals surface area contributed by atoms with E-state index in [4.69, 9.17) is 12.2 Å². The van der Waals surface area contributed by atoms with E-state index in [9.17, 15) is 28.8 Å². The molecule has 1 heterocycles. The van der Waals surface area contributed by atoms with Crippen LogP contribution in [0, 0.1) is 12.3 Å². The zero-order valence-electron chi connectivity index (χ0n) is 26.5. The summed E-state index contributed by atoms with van der Waals surface area (Å²) >= 11 is 0. The Hall–Kier alpha value is -5.56. The highest BCUT2D eigenvalue weighted by Crippen LogP contribution is 2.21. The van der Waals surface area contributed by atoms with Crippen molar-refractivity contribution in [3.63, 3.8) is 0 Å². The number of likely N-dealkylation sites (tertiary alicyclic amines) is 1. The van der Waals surface area contributed by atoms with E-state index in [0.717, 1.165) is 32.9 Å². The smallest absolute Gasteiger partial charge is 0.299 e. The molecule has 1 fully saturated rings. The van der Waals surface area contributed by atoms with Crippen LogP contribution in [-0.2, 0) is 41.7 Å². The van der Waals surface area contributed by atoms with Crippen molar-refractivity contribution in [3.05, 3.63) is 90.0 Å². The first-order valence-corrected chi connectivity index (χ1v) is 15.5. The lowest BCUT2D eigenvalue weighted by Gasteiger charge is -2.20. The molecule has 47 heavy (non-hydrogen) atoms. The summed E-state index contributed by atoms with van der Waals surface area (Å²) in [6, 6.07) is 24.2. The number of hydrogen-bond acceptors (Lipinski definition) is 6. The van der Waals surface area contributed by atoms with Gasteiger partial charge in [-0.2, -0.15) is 0 Å². The molecule has 0 aliphatic carbocycles. The van der Waals surface area contributed by atoms with E-state index in [1.807, 2.05) is 11.0 Å². The predicted molar refractivity (Wildman–Crippen MR) is 179 cm³/mol. The fourth-order valence-corrected chi connectivity index (χ4v) is 4.84. The van der Waals surface area contributed by atoms with Crippen molar-refractivity contribution < 1.29 is 28.8 Å². The molecule has 1 aliphatic rings. The van der Waals surface area contributed by atoms with Crippen LogP contribution in [0.4, 0.5) is 5.69 Å². The summed E-state index contributed by atoms with van der Waals surface area (Å²) in [4.78, 5) is 70.8. The van der Waals surface area contributed by atoms with Crippen LogP contribution in [0.2, 0.25) is 0 Å². The molecule has 244 valence electrons. The van der Waals surface area contributed by atoms with E-state index in [0.29, 0.717) is 23.6 Å². The number of nitrogens with two attached hydrogens (primary N) is 1. The highest BCUT2D eigenvalue weighted by atomic mass is 16.2. The average Bonchev–Trinajstić information content (AvgIpc) is 3.28. The third kappa shape index (κ3) is 12.0. The molecule has 1 aliphatic heterocycles. The van der Waals surface area contributed by atoms with Gasteiger partial charge in [0.05, 0.1) is 0 Å². The van der Waals surface area contributed by atoms with Gasteiger partial charge in [0.2, 0.25) is 23.5 Å². The summed E-state index contributed by atoms with van der Waals surface area (Å²) in [7, 11) is 0. The summed E-state index contributed by atoms with van der Waals surface area (Å²) < 4.78 is 0. The van der Waals surface area contributed by atoms with Crippen molar-refractivity contribution in [2.24, 2.45) is 5.73 Å². The Morgan fingerprint density at radius 3 is 2.13 bits per heavy atom. The molecular weight excluding hydrogens is 596 g/mol. The summed E-state index contributed by atoms with van der Waals surface area (Å²) in [6.45, 7) is 2.65. The molecule has 4 N–H and O–H groups in total. The highest BCUT2D eigenvalue weighted by molar-refractivity contribution is 6.65. The Morgan fingerprint density at radius 2 is 1.51 bits per heavy atom. The zero-order chi connectivity index (χ0) is 34.2. The van der Waals surface area contributed by atoms with Gasteiger partial charge >= 0.3 is 0 Å². The third-order valence-corrected chi connectivity index (χ3v) is 7.46. The van der Waals surface area contributed by atoms with E-state index in [1.54, 1.807) is 12.1 Å². The van der Waals surface area contributed by atoms with Crippen LogP contribution in [0.1, 0.15) is 56.6 Å². The third-order valence-electron chi connectivity index (χ3n) is 7.46. The lowest BCUT2D eigenvalue weighted by atomic mass is 10.0. The lowest BCUT2D eigenvalue weighted by Crippen LogP contribution is -2.45. The molecule has 1 saturated heterocycles. The average molecular weight is 637 g/mol. The molecule has 3 aromatic rings. The maximum absolute atomic E-state index is 12.0. The van der Waals surface area contributed by atoms with Crippen LogP contribution in [-0.4, -0.2) is 52.7 Å². The van der Waals surface area contributed by atoms with E-state index >= 15 is 0 Å². The molecule has 0 bridgehead atoms. The van der Waals surface area contributed by atoms with Gasteiger partial charge in [-0.25, -0.2) is 0 Å². The number of terminal acetylenes is 1. The molecule has 0 aromatic heterocycles. The Balaban J connectivity index is 0.000000260. The van der Waals surface area contributed by atoms with Crippen LogP contribution in [0.25, 0.3) is 11.1 Å². The van der Waals surface area contributed by atoms with Gasteiger partial charge in [0, 0.05) is 51.4 Å². The highest BCUT2D eigenvalue weighted by Gasteiger charge is 2.20. The van der Waals surface area contributed by atoms with Gasteiger partial charge in [-0.15, -0.1) is 12.3 Å². The predicted octanol–water partition coefficient (Wildman–Crippen LogP) is 3.97. The molecule has 4 rings (SSSR count). The number of benzene rings is 3. The first kappa shape index (κ1) is 35.9. The van der Waals surface area contributed by atoms with Crippen molar-refractivity contribution >= 4 is 40.9 Å². The van der Waals surface area contributed by atoms with Crippen LogP contribution < -0.4 is 16.4 Å². The summed E-state index contributed by atoms with van der Waals surface area (Å²) in [5.41, 5.74) is 9.94. The first-order chi connectivity index (χ1) is 22.6. The summed E-state index contributed by atoms with van der Waals surface area (Å²) in [5.74, 6) is -1.46. The maximum atomic E-state index is 12.0. The summed E-state index contributed by atoms with van der Waals surface area (Å²) in [5, 5.41) is 4.81. The summed E-state index contributed by atoms with van der Waals surface area (Å²) in [6.07, 6.45) is 9.64. The molecule has 0 spiro atoms. The number of carbonyl (C=O) groups is 6. The standard InChI is InChI=1S/C19H21NO.C18H19N3O5/c21-19-9-5-2-6-14-20(19)15-16-10-12-18(13-11-16)17-7-3-1-4-8-17;1-3-4-5-15(23)21-14(17(19)25)10-12-6-8-13(9-7-12)20-18(26)16(24)11(2)22/h1,3-4,7-8,10-13H,2,5-6,9,14-15H2;1,6-9,14H,4-5,10H2,2H3,(H2,19,25)(H,20,26)(H,21,23)/t;14-/m.0/s1. The molecular formula is C37H40N4O6. The second-order valence-electron chi connectivity index (χ2n) is 11.2. The van der Waals surface area contributed by atoms with Gasteiger partial charge < -0.3 is 21.3 Å². The quantitative estimate of drug-likeness (QED) is 0.155. The number of amides is 4. The Labute approximate surface area is 275 Å². The first-order valence-electron chi connectivity index (χ1n) is 15.5. The Bertz CT molecular complexity index is 1590. The molecule has 10 nitrogen and oxygen atoms in total. The Morgan fingerprint density at radius 1 is 0.872 bits per heavy atom. The van der Waals surface area contributed by atoms with Crippen molar-refractivity contribution in [3.8, 4) is 23.5 Å². The van der Waals surface area contributed by atoms with Crippen LogP contribution in [0.3, 0.4) is 0 Å². The van der Waals surface area contributed by atoms with Crippen molar-refractivity contribution in [2.75, 3.05) is 11.9 Å². The van der Waals surface area contributed by atoms with Gasteiger partial charge in [0.1, 0.15) is 6.04 Å². The molecule has 0 saturated carbocycles. The van der Waals surface area contributed by atoms with E-state index < -0.39 is 29.4 Å². The second-order valence-corrected chi connectivity index (χ2v) is 11.2. The van der Waals surface area contributed by atoms with Crippen LogP contribution >= 0.6 is 0 Å². The topological polar surface area (TPSA) is 156 Å². The SMILES string of the molecule is C#CCCC(=O)N[C@@H](Cc1ccc(NC(=O)C(=O)C(C)=O)cc1)C(N)=O.O=C1CCCCCN1Cc1ccc(-c2ccccc2)cc1. The number of rotatable bonds is 12. The molecule has 0 radical (unpaired) electrons. The monoisotopic (exact) mass is 636 g/mol. The molecule has 0 unspecified atom stereocenters. The number of nitrogens with one attached hydrogen (secondary N) is 2. The van der Waals surface area contributed by atoms with Gasteiger partial charge in [-0.1, -0.05) is 73.2 Å².